The zero-order chi connectivity index (χ0) is 12.8. The molecule has 0 radical (unpaired) electrons. The molecular weight excluding hydrogens is 222 g/mol. The first-order valence-corrected chi connectivity index (χ1v) is 5.17. The fourth-order valence-electron chi connectivity index (χ4n) is 1.17. The van der Waals surface area contributed by atoms with E-state index in [1.54, 1.807) is 31.2 Å². The highest BCUT2D eigenvalue weighted by Gasteiger charge is 2.08. The van der Waals surface area contributed by atoms with E-state index in [1.807, 2.05) is 0 Å². The summed E-state index contributed by atoms with van der Waals surface area (Å²) < 4.78 is 5.07. The number of para-hydroxylation sites is 1. The molecule has 0 saturated heterocycles. The molecule has 5 nitrogen and oxygen atoms in total. The third-order valence-corrected chi connectivity index (χ3v) is 2.08. The van der Waals surface area contributed by atoms with Gasteiger partial charge < -0.3 is 4.74 Å². The van der Waals surface area contributed by atoms with Crippen molar-refractivity contribution in [2.45, 2.75) is 20.3 Å². The van der Waals surface area contributed by atoms with Gasteiger partial charge in [0, 0.05) is 25.0 Å². The van der Waals surface area contributed by atoms with Gasteiger partial charge in [0.2, 0.25) is 5.70 Å². The molecule has 0 amide bonds. The topological polar surface area (TPSA) is 69.4 Å². The van der Waals surface area contributed by atoms with Crippen LogP contribution in [0.3, 0.4) is 0 Å². The minimum atomic E-state index is -0.488. The number of allylic oxidation sites excluding steroid dienone is 1. The Balaban J connectivity index is 3.04. The van der Waals surface area contributed by atoms with E-state index in [9.17, 15) is 14.9 Å². The molecule has 0 bridgehead atoms. The van der Waals surface area contributed by atoms with Crippen LogP contribution >= 0.6 is 0 Å². The van der Waals surface area contributed by atoms with E-state index in [4.69, 9.17) is 4.74 Å². The Kier molecular flexibility index (Phi) is 4.39. The number of hydrogen-bond donors (Lipinski definition) is 0. The monoisotopic (exact) mass is 235 g/mol. The predicted molar refractivity (Wildman–Crippen MR) is 63.0 cm³/mol. The first kappa shape index (κ1) is 12.9. The number of carbonyl (C=O) groups excluding carboxylic acids is 1. The standard InChI is InChI=1S/C12H13NO4/c1-3-12(14)17-11-7-5-4-6-10(11)8-9(2)13(15)16/h4-8H,3H2,1-2H3/b9-8+. The lowest BCUT2D eigenvalue weighted by Crippen LogP contribution is -2.06. The minimum absolute atomic E-state index is 0.00926. The Hall–Kier alpha value is -2.17. The van der Waals surface area contributed by atoms with Crippen molar-refractivity contribution in [1.29, 1.82) is 0 Å². The summed E-state index contributed by atoms with van der Waals surface area (Å²) in [6, 6.07) is 6.69. The van der Waals surface area contributed by atoms with Crippen LogP contribution in [0.25, 0.3) is 6.08 Å². The molecule has 0 atom stereocenters. The Bertz CT molecular complexity index is 465. The highest BCUT2D eigenvalue weighted by Crippen LogP contribution is 2.21. The second kappa shape index (κ2) is 5.79. The normalized spacial score (nSPS) is 11.1. The maximum atomic E-state index is 11.2. The van der Waals surface area contributed by atoms with Gasteiger partial charge in [0.25, 0.3) is 0 Å². The second-order valence-corrected chi connectivity index (χ2v) is 3.41. The number of nitrogens with zero attached hydrogens (tertiary/aromatic N) is 1. The van der Waals surface area contributed by atoms with E-state index in [0.29, 0.717) is 11.3 Å². The molecule has 0 saturated carbocycles. The van der Waals surface area contributed by atoms with Crippen LogP contribution in [-0.4, -0.2) is 10.9 Å². The number of carbonyl (C=O) groups is 1. The molecule has 1 rings (SSSR count). The molecule has 0 aliphatic heterocycles. The molecule has 0 N–H and O–H groups in total. The van der Waals surface area contributed by atoms with Crippen molar-refractivity contribution in [3.63, 3.8) is 0 Å². The van der Waals surface area contributed by atoms with Gasteiger partial charge >= 0.3 is 5.97 Å². The van der Waals surface area contributed by atoms with Crippen molar-refractivity contribution >= 4 is 12.0 Å². The average Bonchev–Trinajstić information content (AvgIpc) is 2.31. The summed E-state index contributed by atoms with van der Waals surface area (Å²) in [5, 5.41) is 10.5. The lowest BCUT2D eigenvalue weighted by molar-refractivity contribution is -0.422. The molecule has 0 unspecified atom stereocenters. The summed E-state index contributed by atoms with van der Waals surface area (Å²) in [6.07, 6.45) is 1.63. The lowest BCUT2D eigenvalue weighted by atomic mass is 10.2. The molecule has 0 aromatic heterocycles. The smallest absolute Gasteiger partial charge is 0.310 e. The van der Waals surface area contributed by atoms with Crippen LogP contribution in [0.4, 0.5) is 0 Å². The highest BCUT2D eigenvalue weighted by molar-refractivity contribution is 5.74. The summed E-state index contributed by atoms with van der Waals surface area (Å²) in [5.41, 5.74) is 0.508. The Morgan fingerprint density at radius 1 is 1.47 bits per heavy atom. The van der Waals surface area contributed by atoms with Crippen molar-refractivity contribution in [3.8, 4) is 5.75 Å². The summed E-state index contributed by atoms with van der Waals surface area (Å²) in [7, 11) is 0. The van der Waals surface area contributed by atoms with E-state index >= 15 is 0 Å². The molecule has 1 aromatic carbocycles. The van der Waals surface area contributed by atoms with Crippen molar-refractivity contribution in [2.75, 3.05) is 0 Å². The van der Waals surface area contributed by atoms with E-state index in [-0.39, 0.29) is 18.1 Å². The van der Waals surface area contributed by atoms with Crippen LogP contribution in [0, 0.1) is 10.1 Å². The molecule has 90 valence electrons. The number of rotatable bonds is 4. The number of esters is 1. The van der Waals surface area contributed by atoms with Gasteiger partial charge in [0.15, 0.2) is 0 Å². The van der Waals surface area contributed by atoms with Gasteiger partial charge in [-0.3, -0.25) is 14.9 Å². The van der Waals surface area contributed by atoms with Crippen LogP contribution < -0.4 is 4.74 Å². The van der Waals surface area contributed by atoms with Crippen LogP contribution in [0.5, 0.6) is 5.75 Å². The molecule has 17 heavy (non-hydrogen) atoms. The molecule has 0 heterocycles. The van der Waals surface area contributed by atoms with Gasteiger partial charge in [-0.05, 0) is 6.07 Å². The van der Waals surface area contributed by atoms with Gasteiger partial charge in [-0.1, -0.05) is 25.1 Å². The Morgan fingerprint density at radius 3 is 2.71 bits per heavy atom. The zero-order valence-corrected chi connectivity index (χ0v) is 9.67. The molecule has 5 heteroatoms. The molecule has 0 aliphatic rings. The summed E-state index contributed by atoms with van der Waals surface area (Å²) in [4.78, 5) is 21.2. The van der Waals surface area contributed by atoms with Gasteiger partial charge in [0.1, 0.15) is 5.75 Å². The third-order valence-electron chi connectivity index (χ3n) is 2.08. The number of ether oxygens (including phenoxy) is 1. The molecule has 0 spiro atoms. The predicted octanol–water partition coefficient (Wildman–Crippen LogP) is 2.64. The van der Waals surface area contributed by atoms with Crippen LogP contribution in [-0.2, 0) is 4.79 Å². The first-order valence-electron chi connectivity index (χ1n) is 5.17. The molecular formula is C12H13NO4. The summed E-state index contributed by atoms with van der Waals surface area (Å²) >= 11 is 0. The van der Waals surface area contributed by atoms with Crippen molar-refractivity contribution in [1.82, 2.24) is 0 Å². The molecule has 0 fully saturated rings. The zero-order valence-electron chi connectivity index (χ0n) is 9.67. The number of hydrogen-bond acceptors (Lipinski definition) is 4. The van der Waals surface area contributed by atoms with E-state index in [2.05, 4.69) is 0 Å². The first-order chi connectivity index (χ1) is 8.04. The molecule has 1 aromatic rings. The van der Waals surface area contributed by atoms with Gasteiger partial charge in [0.05, 0.1) is 4.92 Å². The Morgan fingerprint density at radius 2 is 2.12 bits per heavy atom. The van der Waals surface area contributed by atoms with Gasteiger partial charge in [-0.15, -0.1) is 0 Å². The highest BCUT2D eigenvalue weighted by atomic mass is 16.6. The second-order valence-electron chi connectivity index (χ2n) is 3.41. The van der Waals surface area contributed by atoms with Crippen LogP contribution in [0.1, 0.15) is 25.8 Å². The van der Waals surface area contributed by atoms with Crippen molar-refractivity contribution in [2.24, 2.45) is 0 Å². The third kappa shape index (κ3) is 3.71. The fourth-order valence-corrected chi connectivity index (χ4v) is 1.17. The summed E-state index contributed by atoms with van der Waals surface area (Å²) in [5.74, 6) is -0.0369. The minimum Gasteiger partial charge on any atom is -0.426 e. The SMILES string of the molecule is CCC(=O)Oc1ccccc1/C=C(\C)[N+](=O)[O-]. The maximum absolute atomic E-state index is 11.2. The van der Waals surface area contributed by atoms with E-state index in [1.165, 1.54) is 13.0 Å². The van der Waals surface area contributed by atoms with E-state index in [0.717, 1.165) is 0 Å². The average molecular weight is 235 g/mol. The van der Waals surface area contributed by atoms with Crippen molar-refractivity contribution in [3.05, 3.63) is 45.6 Å². The lowest BCUT2D eigenvalue weighted by Gasteiger charge is -2.05. The molecule has 0 aliphatic carbocycles. The van der Waals surface area contributed by atoms with Gasteiger partial charge in [-0.25, -0.2) is 0 Å². The van der Waals surface area contributed by atoms with Crippen LogP contribution in [0.2, 0.25) is 0 Å². The number of nitro groups is 1. The largest absolute Gasteiger partial charge is 0.426 e. The van der Waals surface area contributed by atoms with Crippen molar-refractivity contribution < 1.29 is 14.5 Å². The fraction of sp³-hybridized carbons (Fsp3) is 0.250. The quantitative estimate of drug-likeness (QED) is 0.348. The van der Waals surface area contributed by atoms with Crippen LogP contribution in [0.15, 0.2) is 30.0 Å². The summed E-state index contributed by atoms with van der Waals surface area (Å²) in [6.45, 7) is 3.07. The maximum Gasteiger partial charge on any atom is 0.310 e. The number of benzene rings is 1. The van der Waals surface area contributed by atoms with E-state index < -0.39 is 4.92 Å². The Labute approximate surface area is 98.9 Å². The van der Waals surface area contributed by atoms with Gasteiger partial charge in [-0.2, -0.15) is 0 Å².